The Morgan fingerprint density at radius 2 is 1.94 bits per heavy atom. The predicted octanol–water partition coefficient (Wildman–Crippen LogP) is 6.14. The number of hydrogen-bond acceptors (Lipinski definition) is 7. The third-order valence-corrected chi connectivity index (χ3v) is 11.8. The van der Waals surface area contributed by atoms with Crippen LogP contribution in [0.4, 0.5) is 5.69 Å². The fraction of sp³-hybridized carbons (Fsp3) is 0.556. The number of halogens is 1. The lowest BCUT2D eigenvalue weighted by molar-refractivity contribution is -0.148. The standard InChI is InChI=1S/C36H48ClN3O6S/c1-5-32(36(42)39(3)4)46-33-12-7-6-10-24(2)47(43,44)38-35(41)26-15-18-34-31(21-26)40(22-27-14-17-30(27)33)19-9-8-11-25-20-29(37)16-13-28(25)23-45-34/h7,12-13,15-16,18,20-21,24,27,30,32-33H,5-6,8-11,14,17,19,22-23H2,1-4H3,(H,38,41)/b12-7+/t24-,27+,30-,32-,33+/m1/s1. The fourth-order valence-corrected chi connectivity index (χ4v) is 7.94. The molecule has 0 unspecified atom stereocenters. The monoisotopic (exact) mass is 685 g/mol. The molecular formula is C36H48ClN3O6S. The second kappa shape index (κ2) is 15.4. The van der Waals surface area contributed by atoms with Crippen LogP contribution >= 0.6 is 11.6 Å². The van der Waals surface area contributed by atoms with Crippen molar-refractivity contribution < 1.29 is 27.5 Å². The first-order valence-electron chi connectivity index (χ1n) is 16.8. The third-order valence-electron chi connectivity index (χ3n) is 9.83. The molecule has 1 aliphatic carbocycles. The molecule has 0 aromatic heterocycles. The summed E-state index contributed by atoms with van der Waals surface area (Å²) in [6.07, 6.45) is 9.25. The number of carbonyl (C=O) groups is 2. The maximum absolute atomic E-state index is 13.4. The van der Waals surface area contributed by atoms with Gasteiger partial charge >= 0.3 is 0 Å². The Labute approximate surface area is 284 Å². The average Bonchev–Trinajstić information content (AvgIpc) is 3.05. The Balaban J connectivity index is 1.53. The summed E-state index contributed by atoms with van der Waals surface area (Å²) in [7, 11) is -0.439. The van der Waals surface area contributed by atoms with E-state index in [1.165, 1.54) is 0 Å². The van der Waals surface area contributed by atoms with Gasteiger partial charge in [0.15, 0.2) is 0 Å². The van der Waals surface area contributed by atoms with Gasteiger partial charge in [-0.2, -0.15) is 0 Å². The van der Waals surface area contributed by atoms with Crippen molar-refractivity contribution in [3.8, 4) is 5.75 Å². The lowest BCUT2D eigenvalue weighted by Gasteiger charge is -2.44. The van der Waals surface area contributed by atoms with Crippen LogP contribution in [-0.2, 0) is 32.6 Å². The van der Waals surface area contributed by atoms with Crippen LogP contribution in [0.3, 0.4) is 0 Å². The topological polar surface area (TPSA) is 105 Å². The second-order valence-corrected chi connectivity index (χ2v) is 15.8. The number of nitrogens with one attached hydrogen (secondary N) is 1. The minimum absolute atomic E-state index is 0.0626. The third kappa shape index (κ3) is 8.51. The van der Waals surface area contributed by atoms with E-state index in [-0.39, 0.29) is 29.4 Å². The minimum atomic E-state index is -3.92. The van der Waals surface area contributed by atoms with E-state index in [9.17, 15) is 18.0 Å². The molecule has 2 aliphatic heterocycles. The molecule has 1 N–H and O–H groups in total. The highest BCUT2D eigenvalue weighted by molar-refractivity contribution is 7.90. The molecule has 2 bridgehead atoms. The van der Waals surface area contributed by atoms with Crippen molar-refractivity contribution in [1.82, 2.24) is 9.62 Å². The van der Waals surface area contributed by atoms with Crippen LogP contribution in [0.2, 0.25) is 5.02 Å². The summed E-state index contributed by atoms with van der Waals surface area (Å²) >= 11 is 6.35. The number of sulfonamides is 1. The number of ether oxygens (including phenoxy) is 2. The Bertz CT molecular complexity index is 1580. The van der Waals surface area contributed by atoms with E-state index in [1.54, 1.807) is 44.1 Å². The molecule has 0 spiro atoms. The number of nitrogens with zero attached hydrogens (tertiary/aromatic N) is 2. The molecule has 2 amide bonds. The molecule has 256 valence electrons. The van der Waals surface area contributed by atoms with Crippen molar-refractivity contribution in [2.24, 2.45) is 11.8 Å². The number of rotatable bonds is 4. The van der Waals surface area contributed by atoms with E-state index in [0.717, 1.165) is 55.5 Å². The number of anilines is 1. The summed E-state index contributed by atoms with van der Waals surface area (Å²) in [5, 5.41) is -0.0868. The second-order valence-electron chi connectivity index (χ2n) is 13.3. The van der Waals surface area contributed by atoms with Crippen molar-refractivity contribution in [3.63, 3.8) is 0 Å². The van der Waals surface area contributed by atoms with E-state index >= 15 is 0 Å². The quantitative estimate of drug-likeness (QED) is 0.386. The first-order chi connectivity index (χ1) is 22.5. The lowest BCUT2D eigenvalue weighted by Crippen LogP contribution is -2.46. The van der Waals surface area contributed by atoms with Gasteiger partial charge in [0.05, 0.1) is 17.0 Å². The molecule has 1 saturated carbocycles. The van der Waals surface area contributed by atoms with Crippen molar-refractivity contribution >= 4 is 39.1 Å². The Hall–Kier alpha value is -3.08. The first kappa shape index (κ1) is 35.2. The first-order valence-corrected chi connectivity index (χ1v) is 18.8. The normalized spacial score (nSPS) is 26.1. The minimum Gasteiger partial charge on any atom is -0.487 e. The van der Waals surface area contributed by atoms with Crippen LogP contribution in [0.25, 0.3) is 0 Å². The number of benzene rings is 2. The van der Waals surface area contributed by atoms with Crippen LogP contribution in [-0.4, -0.2) is 69.8 Å². The number of likely N-dealkylation sites (N-methyl/N-ethyl adjacent to an activating group) is 1. The van der Waals surface area contributed by atoms with E-state index in [1.807, 2.05) is 37.3 Å². The molecule has 3 aliphatic rings. The molecule has 47 heavy (non-hydrogen) atoms. The largest absolute Gasteiger partial charge is 0.487 e. The van der Waals surface area contributed by atoms with Gasteiger partial charge in [-0.1, -0.05) is 36.7 Å². The Morgan fingerprint density at radius 3 is 2.66 bits per heavy atom. The van der Waals surface area contributed by atoms with Crippen molar-refractivity contribution in [3.05, 3.63) is 70.3 Å². The van der Waals surface area contributed by atoms with Gasteiger partial charge < -0.3 is 19.3 Å². The number of carbonyl (C=O) groups excluding carboxylic acids is 2. The lowest BCUT2D eigenvalue weighted by atomic mass is 9.70. The van der Waals surface area contributed by atoms with E-state index in [0.29, 0.717) is 43.2 Å². The van der Waals surface area contributed by atoms with Gasteiger partial charge in [0.25, 0.3) is 11.8 Å². The molecule has 9 nitrogen and oxygen atoms in total. The smallest absolute Gasteiger partial charge is 0.264 e. The summed E-state index contributed by atoms with van der Waals surface area (Å²) in [6, 6.07) is 11.1. The Kier molecular flexibility index (Phi) is 11.6. The summed E-state index contributed by atoms with van der Waals surface area (Å²) in [5.41, 5.74) is 3.26. The Morgan fingerprint density at radius 1 is 1.13 bits per heavy atom. The van der Waals surface area contributed by atoms with Crippen LogP contribution in [0.5, 0.6) is 5.75 Å². The van der Waals surface area contributed by atoms with Gasteiger partial charge in [-0.15, -0.1) is 0 Å². The van der Waals surface area contributed by atoms with E-state index < -0.39 is 27.3 Å². The molecular weight excluding hydrogens is 638 g/mol. The van der Waals surface area contributed by atoms with Crippen LogP contribution in [0.15, 0.2) is 48.6 Å². The van der Waals surface area contributed by atoms with Gasteiger partial charge in [0.2, 0.25) is 10.0 Å². The molecule has 0 radical (unpaired) electrons. The van der Waals surface area contributed by atoms with Crippen molar-refractivity contribution in [2.45, 2.75) is 89.3 Å². The number of aryl methyl sites for hydroxylation is 1. The zero-order valence-electron chi connectivity index (χ0n) is 27.9. The van der Waals surface area contributed by atoms with Gasteiger partial charge in [-0.25, -0.2) is 13.1 Å². The number of hydrogen-bond donors (Lipinski definition) is 1. The summed E-state index contributed by atoms with van der Waals surface area (Å²) < 4.78 is 41.7. The van der Waals surface area contributed by atoms with E-state index in [4.69, 9.17) is 21.1 Å². The van der Waals surface area contributed by atoms with Gasteiger partial charge in [-0.05, 0) is 112 Å². The maximum Gasteiger partial charge on any atom is 0.264 e. The summed E-state index contributed by atoms with van der Waals surface area (Å²) in [4.78, 5) is 30.2. The summed E-state index contributed by atoms with van der Waals surface area (Å²) in [5.74, 6) is 0.392. The zero-order valence-corrected chi connectivity index (χ0v) is 29.5. The highest BCUT2D eigenvalue weighted by atomic mass is 35.5. The van der Waals surface area contributed by atoms with Gasteiger partial charge in [0, 0.05) is 37.8 Å². The number of fused-ring (bicyclic) bond motifs is 3. The highest BCUT2D eigenvalue weighted by Gasteiger charge is 2.40. The highest BCUT2D eigenvalue weighted by Crippen LogP contribution is 2.42. The number of allylic oxidation sites excluding steroid dienone is 1. The molecule has 5 rings (SSSR count). The van der Waals surface area contributed by atoms with Crippen molar-refractivity contribution in [1.29, 1.82) is 0 Å². The molecule has 11 heteroatoms. The molecule has 2 aromatic carbocycles. The van der Waals surface area contributed by atoms with Gasteiger partial charge in [0.1, 0.15) is 18.5 Å². The average molecular weight is 686 g/mol. The maximum atomic E-state index is 13.4. The van der Waals surface area contributed by atoms with Gasteiger partial charge in [-0.3, -0.25) is 9.59 Å². The zero-order chi connectivity index (χ0) is 33.7. The van der Waals surface area contributed by atoms with Crippen molar-refractivity contribution in [2.75, 3.05) is 32.1 Å². The molecule has 0 saturated heterocycles. The molecule has 2 heterocycles. The predicted molar refractivity (Wildman–Crippen MR) is 185 cm³/mol. The SMILES string of the molecule is CC[C@@H](O[C@H]1/C=C/CC[C@@H](C)S(=O)(=O)NC(=O)c2ccc3c(c2)N(CCCCc2cc(Cl)ccc2CO3)C[C@@H]2CC[C@H]21)C(=O)N(C)C. The van der Waals surface area contributed by atoms with Crippen LogP contribution in [0.1, 0.15) is 80.3 Å². The fourth-order valence-electron chi connectivity index (χ4n) is 6.72. The molecule has 2 aromatic rings. The molecule has 1 fully saturated rings. The van der Waals surface area contributed by atoms with E-state index in [2.05, 4.69) is 9.62 Å². The molecule has 5 atom stereocenters. The van der Waals surface area contributed by atoms with Crippen LogP contribution < -0.4 is 14.4 Å². The number of amides is 2. The van der Waals surface area contributed by atoms with Crippen LogP contribution in [0, 0.1) is 11.8 Å². The summed E-state index contributed by atoms with van der Waals surface area (Å²) in [6.45, 7) is 5.36.